The van der Waals surface area contributed by atoms with Gasteiger partial charge in [0.25, 0.3) is 0 Å². The second-order valence-electron chi connectivity index (χ2n) is 5.62. The Balaban J connectivity index is 1.91. The number of para-hydroxylation sites is 1. The van der Waals surface area contributed by atoms with E-state index in [9.17, 15) is 5.11 Å². The van der Waals surface area contributed by atoms with Crippen molar-refractivity contribution in [1.82, 2.24) is 14.6 Å². The number of nitrogens with zero attached hydrogens (tertiary/aromatic N) is 3. The number of phenols is 1. The summed E-state index contributed by atoms with van der Waals surface area (Å²) in [6.45, 7) is 1.85. The Morgan fingerprint density at radius 1 is 1.20 bits per heavy atom. The zero-order valence-corrected chi connectivity index (χ0v) is 14.4. The van der Waals surface area contributed by atoms with Crippen LogP contribution in [0.2, 0.25) is 5.02 Å². The first-order chi connectivity index (χ1) is 12.1. The Bertz CT molecular complexity index is 1110. The highest BCUT2D eigenvalue weighted by Gasteiger charge is 2.15. The topological polar surface area (TPSA) is 71.7 Å². The molecule has 126 valence electrons. The molecule has 0 aliphatic carbocycles. The lowest BCUT2D eigenvalue weighted by atomic mass is 10.2. The van der Waals surface area contributed by atoms with Crippen molar-refractivity contribution in [1.29, 1.82) is 0 Å². The number of anilines is 2. The molecule has 2 heterocycles. The average Bonchev–Trinajstić information content (AvgIpc) is 2.90. The first-order valence-corrected chi connectivity index (χ1v) is 8.04. The predicted octanol–water partition coefficient (Wildman–Crippen LogP) is 4.30. The number of methoxy groups -OCH3 is 1. The molecule has 2 aromatic carbocycles. The molecule has 7 heteroatoms. The van der Waals surface area contributed by atoms with E-state index < -0.39 is 0 Å². The summed E-state index contributed by atoms with van der Waals surface area (Å²) in [4.78, 5) is 4.64. The van der Waals surface area contributed by atoms with E-state index in [1.54, 1.807) is 16.6 Å². The van der Waals surface area contributed by atoms with Gasteiger partial charge >= 0.3 is 0 Å². The lowest BCUT2D eigenvalue weighted by Gasteiger charge is -2.11. The number of aromatic hydroxyl groups is 1. The predicted molar refractivity (Wildman–Crippen MR) is 98.2 cm³/mol. The van der Waals surface area contributed by atoms with Gasteiger partial charge in [-0.15, -0.1) is 0 Å². The van der Waals surface area contributed by atoms with Gasteiger partial charge in [0.05, 0.1) is 18.3 Å². The number of hydrogen-bond acceptors (Lipinski definition) is 5. The van der Waals surface area contributed by atoms with Gasteiger partial charge in [0.2, 0.25) is 0 Å². The molecule has 2 aromatic heterocycles. The van der Waals surface area contributed by atoms with Gasteiger partial charge in [-0.05, 0) is 31.2 Å². The average molecular weight is 355 g/mol. The van der Waals surface area contributed by atoms with Crippen molar-refractivity contribution in [3.8, 4) is 11.5 Å². The number of aromatic nitrogens is 3. The van der Waals surface area contributed by atoms with Crippen molar-refractivity contribution < 1.29 is 9.84 Å². The maximum absolute atomic E-state index is 9.98. The van der Waals surface area contributed by atoms with E-state index in [1.807, 2.05) is 37.3 Å². The van der Waals surface area contributed by atoms with Crippen molar-refractivity contribution in [3.05, 3.63) is 53.2 Å². The largest absolute Gasteiger partial charge is 0.504 e. The molecule has 0 unspecified atom stereocenters. The maximum atomic E-state index is 9.98. The third-order valence-electron chi connectivity index (χ3n) is 4.01. The minimum Gasteiger partial charge on any atom is -0.504 e. The van der Waals surface area contributed by atoms with Crippen LogP contribution in [-0.2, 0) is 0 Å². The Kier molecular flexibility index (Phi) is 3.62. The molecular weight excluding hydrogens is 340 g/mol. The van der Waals surface area contributed by atoms with E-state index in [2.05, 4.69) is 15.4 Å². The third kappa shape index (κ3) is 2.51. The van der Waals surface area contributed by atoms with Crippen LogP contribution in [0, 0.1) is 6.92 Å². The zero-order valence-electron chi connectivity index (χ0n) is 13.6. The summed E-state index contributed by atoms with van der Waals surface area (Å²) in [5, 5.41) is 19.1. The van der Waals surface area contributed by atoms with Crippen molar-refractivity contribution >= 4 is 39.7 Å². The monoisotopic (exact) mass is 354 g/mol. The lowest BCUT2D eigenvalue weighted by Crippen LogP contribution is -2.00. The van der Waals surface area contributed by atoms with Crippen LogP contribution in [0.4, 0.5) is 11.5 Å². The van der Waals surface area contributed by atoms with Gasteiger partial charge < -0.3 is 15.2 Å². The molecular formula is C18H15ClN4O2. The summed E-state index contributed by atoms with van der Waals surface area (Å²) in [6.07, 6.45) is 0. The molecule has 0 saturated carbocycles. The second-order valence-corrected chi connectivity index (χ2v) is 6.00. The van der Waals surface area contributed by atoms with Crippen LogP contribution in [0.1, 0.15) is 5.69 Å². The van der Waals surface area contributed by atoms with E-state index in [0.29, 0.717) is 27.9 Å². The number of rotatable bonds is 3. The van der Waals surface area contributed by atoms with Gasteiger partial charge in [-0.25, -0.2) is 9.50 Å². The molecule has 25 heavy (non-hydrogen) atoms. The molecule has 0 amide bonds. The summed E-state index contributed by atoms with van der Waals surface area (Å²) in [7, 11) is 1.51. The smallest absolute Gasteiger partial charge is 0.176 e. The molecule has 0 aliphatic rings. The molecule has 0 saturated heterocycles. The second kappa shape index (κ2) is 5.82. The minimum absolute atomic E-state index is 0.0520. The molecule has 0 bridgehead atoms. The SMILES string of the molecule is COc1ccc(Nc2nc3c(Cl)c(C)nn3c3ccccc23)cc1O. The van der Waals surface area contributed by atoms with E-state index in [0.717, 1.165) is 16.6 Å². The Hall–Kier alpha value is -2.99. The van der Waals surface area contributed by atoms with Crippen LogP contribution in [0.25, 0.3) is 16.6 Å². The quantitative estimate of drug-likeness (QED) is 0.574. The Labute approximate surface area is 148 Å². The molecule has 4 rings (SSSR count). The van der Waals surface area contributed by atoms with Crippen molar-refractivity contribution in [2.75, 3.05) is 12.4 Å². The molecule has 0 fully saturated rings. The number of nitrogens with one attached hydrogen (secondary N) is 1. The van der Waals surface area contributed by atoms with E-state index in [-0.39, 0.29) is 5.75 Å². The minimum atomic E-state index is 0.0520. The maximum Gasteiger partial charge on any atom is 0.176 e. The van der Waals surface area contributed by atoms with Crippen molar-refractivity contribution in [2.45, 2.75) is 6.92 Å². The summed E-state index contributed by atoms with van der Waals surface area (Å²) in [5.41, 5.74) is 2.88. The van der Waals surface area contributed by atoms with Crippen molar-refractivity contribution in [2.24, 2.45) is 0 Å². The fourth-order valence-electron chi connectivity index (χ4n) is 2.78. The van der Waals surface area contributed by atoms with Crippen molar-refractivity contribution in [3.63, 3.8) is 0 Å². The van der Waals surface area contributed by atoms with Crippen LogP contribution < -0.4 is 10.1 Å². The van der Waals surface area contributed by atoms with Gasteiger partial charge in [0.1, 0.15) is 10.8 Å². The number of fused-ring (bicyclic) bond motifs is 3. The first-order valence-electron chi connectivity index (χ1n) is 7.66. The van der Waals surface area contributed by atoms with E-state index in [4.69, 9.17) is 16.3 Å². The van der Waals surface area contributed by atoms with Crippen LogP contribution in [0.15, 0.2) is 42.5 Å². The lowest BCUT2D eigenvalue weighted by molar-refractivity contribution is 0.373. The number of aryl methyl sites for hydroxylation is 1. The summed E-state index contributed by atoms with van der Waals surface area (Å²) >= 11 is 6.35. The highest BCUT2D eigenvalue weighted by molar-refractivity contribution is 6.34. The molecule has 0 atom stereocenters. The molecule has 4 aromatic rings. The standard InChI is InChI=1S/C18H15ClN4O2/c1-10-16(19)18-21-17(12-5-3-4-6-13(12)23(18)22-10)20-11-7-8-15(25-2)14(24)9-11/h3-9,24H,1-2H3,(H,20,21). The van der Waals surface area contributed by atoms with Gasteiger partial charge in [0, 0.05) is 17.1 Å². The molecule has 2 N–H and O–H groups in total. The zero-order chi connectivity index (χ0) is 17.6. The van der Waals surface area contributed by atoms with Gasteiger partial charge in [-0.3, -0.25) is 0 Å². The number of phenolic OH excluding ortho intramolecular Hbond substituents is 1. The third-order valence-corrected chi connectivity index (χ3v) is 4.45. The van der Waals surface area contributed by atoms with Gasteiger partial charge in [-0.1, -0.05) is 23.7 Å². The molecule has 0 aliphatic heterocycles. The van der Waals surface area contributed by atoms with Crippen LogP contribution in [0.5, 0.6) is 11.5 Å². The fraction of sp³-hybridized carbons (Fsp3) is 0.111. The fourth-order valence-corrected chi connectivity index (χ4v) is 2.95. The number of ether oxygens (including phenoxy) is 1. The number of benzene rings is 2. The summed E-state index contributed by atoms with van der Waals surface area (Å²) in [5.74, 6) is 1.10. The number of hydrogen-bond donors (Lipinski definition) is 2. The van der Waals surface area contributed by atoms with E-state index >= 15 is 0 Å². The van der Waals surface area contributed by atoms with Crippen LogP contribution in [-0.4, -0.2) is 26.8 Å². The molecule has 6 nitrogen and oxygen atoms in total. The van der Waals surface area contributed by atoms with Gasteiger partial charge in [0.15, 0.2) is 17.1 Å². The Morgan fingerprint density at radius 3 is 2.76 bits per heavy atom. The summed E-state index contributed by atoms with van der Waals surface area (Å²) < 4.78 is 6.81. The molecule has 0 radical (unpaired) electrons. The molecule has 0 spiro atoms. The van der Waals surface area contributed by atoms with E-state index in [1.165, 1.54) is 7.11 Å². The highest BCUT2D eigenvalue weighted by Crippen LogP contribution is 2.33. The van der Waals surface area contributed by atoms with Gasteiger partial charge in [-0.2, -0.15) is 5.10 Å². The van der Waals surface area contributed by atoms with Crippen LogP contribution >= 0.6 is 11.6 Å². The van der Waals surface area contributed by atoms with Crippen LogP contribution in [0.3, 0.4) is 0 Å². The first kappa shape index (κ1) is 15.5. The number of halogens is 1. The normalized spacial score (nSPS) is 11.2. The Morgan fingerprint density at radius 2 is 2.00 bits per heavy atom. The summed E-state index contributed by atoms with van der Waals surface area (Å²) in [6, 6.07) is 12.9. The highest BCUT2D eigenvalue weighted by atomic mass is 35.5.